The van der Waals surface area contributed by atoms with Crippen molar-refractivity contribution in [3.05, 3.63) is 66.0 Å². The van der Waals surface area contributed by atoms with E-state index in [0.29, 0.717) is 0 Å². The Bertz CT molecular complexity index is 623. The van der Waals surface area contributed by atoms with Crippen molar-refractivity contribution in [2.75, 3.05) is 0 Å². The molecule has 0 fully saturated rings. The van der Waals surface area contributed by atoms with Crippen molar-refractivity contribution in [3.63, 3.8) is 0 Å². The van der Waals surface area contributed by atoms with Crippen molar-refractivity contribution in [2.24, 2.45) is 5.73 Å². The van der Waals surface area contributed by atoms with Crippen LogP contribution in [0.5, 0.6) is 0 Å². The molecule has 1 nitrogen and oxygen atoms in total. The molecule has 2 aromatic rings. The maximum absolute atomic E-state index is 6.43. The van der Waals surface area contributed by atoms with Gasteiger partial charge in [0.1, 0.15) is 0 Å². The van der Waals surface area contributed by atoms with Gasteiger partial charge in [0, 0.05) is 13.4 Å². The van der Waals surface area contributed by atoms with Gasteiger partial charge < -0.3 is 5.73 Å². The second-order valence-electron chi connectivity index (χ2n) is 4.55. The largest absolute Gasteiger partial charge is 0.320 e. The molecule has 2 rings (SSSR count). The summed E-state index contributed by atoms with van der Waals surface area (Å²) in [5.74, 6) is 0. The first kappa shape index (κ1) is 15.2. The van der Waals surface area contributed by atoms with Crippen LogP contribution in [0.1, 0.15) is 28.3 Å². The first-order valence-electron chi connectivity index (χ1n) is 5.88. The number of rotatable bonds is 2. The molecule has 0 radical (unpaired) electrons. The predicted octanol–water partition coefficient (Wildman–Crippen LogP) is 5.64. The van der Waals surface area contributed by atoms with E-state index in [4.69, 9.17) is 5.73 Å². The molecule has 2 aromatic carbocycles. The van der Waals surface area contributed by atoms with Crippen LogP contribution >= 0.6 is 47.8 Å². The Labute approximate surface area is 139 Å². The lowest BCUT2D eigenvalue weighted by Gasteiger charge is -2.18. The standard InChI is InChI=1S/C15H14Br3N/c1-8-6-14(18)11(7-13(8)17)15(19)10-4-3-5-12(16)9(10)2/h3-7,15H,19H2,1-2H3. The molecule has 0 aliphatic heterocycles. The third-order valence-electron chi connectivity index (χ3n) is 3.26. The minimum Gasteiger partial charge on any atom is -0.320 e. The van der Waals surface area contributed by atoms with E-state index in [1.165, 1.54) is 11.1 Å². The number of aryl methyl sites for hydroxylation is 1. The Kier molecular flexibility index (Phi) is 4.88. The summed E-state index contributed by atoms with van der Waals surface area (Å²) in [5.41, 5.74) is 11.0. The molecule has 0 heterocycles. The van der Waals surface area contributed by atoms with Crippen molar-refractivity contribution in [3.8, 4) is 0 Å². The molecule has 0 spiro atoms. The highest BCUT2D eigenvalue weighted by atomic mass is 79.9. The summed E-state index contributed by atoms with van der Waals surface area (Å²) in [6, 6.07) is 10.2. The molecule has 4 heteroatoms. The summed E-state index contributed by atoms with van der Waals surface area (Å²) in [7, 11) is 0. The molecule has 0 aromatic heterocycles. The zero-order chi connectivity index (χ0) is 14.2. The Morgan fingerprint density at radius 1 is 0.895 bits per heavy atom. The number of halogens is 3. The normalized spacial score (nSPS) is 12.5. The Morgan fingerprint density at radius 3 is 2.26 bits per heavy atom. The van der Waals surface area contributed by atoms with E-state index >= 15 is 0 Å². The highest BCUT2D eigenvalue weighted by Gasteiger charge is 2.16. The second kappa shape index (κ2) is 6.08. The van der Waals surface area contributed by atoms with E-state index in [9.17, 15) is 0 Å². The second-order valence-corrected chi connectivity index (χ2v) is 7.12. The molecular weight excluding hydrogens is 434 g/mol. The first-order valence-corrected chi connectivity index (χ1v) is 8.26. The van der Waals surface area contributed by atoms with Gasteiger partial charge in [-0.15, -0.1) is 0 Å². The molecule has 100 valence electrons. The van der Waals surface area contributed by atoms with E-state index < -0.39 is 0 Å². The van der Waals surface area contributed by atoms with Crippen molar-refractivity contribution in [1.82, 2.24) is 0 Å². The molecule has 0 bridgehead atoms. The van der Waals surface area contributed by atoms with Crippen molar-refractivity contribution in [2.45, 2.75) is 19.9 Å². The molecule has 2 N–H and O–H groups in total. The third-order valence-corrected chi connectivity index (χ3v) is 5.66. The van der Waals surface area contributed by atoms with Crippen molar-refractivity contribution >= 4 is 47.8 Å². The highest BCUT2D eigenvalue weighted by Crippen LogP contribution is 2.34. The zero-order valence-electron chi connectivity index (χ0n) is 10.7. The Morgan fingerprint density at radius 2 is 1.58 bits per heavy atom. The average Bonchev–Trinajstić information content (AvgIpc) is 2.36. The number of hydrogen-bond acceptors (Lipinski definition) is 1. The van der Waals surface area contributed by atoms with Crippen LogP contribution in [0.4, 0.5) is 0 Å². The van der Waals surface area contributed by atoms with Gasteiger partial charge in [-0.05, 0) is 54.3 Å². The molecule has 0 saturated heterocycles. The molecule has 0 saturated carbocycles. The minimum atomic E-state index is -0.149. The van der Waals surface area contributed by atoms with Crippen LogP contribution in [-0.4, -0.2) is 0 Å². The quantitative estimate of drug-likeness (QED) is 0.633. The lowest BCUT2D eigenvalue weighted by Crippen LogP contribution is -2.14. The van der Waals surface area contributed by atoms with Crippen molar-refractivity contribution in [1.29, 1.82) is 0 Å². The first-order chi connectivity index (χ1) is 8.91. The van der Waals surface area contributed by atoms with Crippen LogP contribution in [0.25, 0.3) is 0 Å². The van der Waals surface area contributed by atoms with Gasteiger partial charge in [0.2, 0.25) is 0 Å². The monoisotopic (exact) mass is 445 g/mol. The summed E-state index contributed by atoms with van der Waals surface area (Å²) in [6.45, 7) is 4.14. The van der Waals surface area contributed by atoms with E-state index in [-0.39, 0.29) is 6.04 Å². The zero-order valence-corrected chi connectivity index (χ0v) is 15.4. The molecule has 19 heavy (non-hydrogen) atoms. The van der Waals surface area contributed by atoms with Crippen LogP contribution < -0.4 is 5.73 Å². The van der Waals surface area contributed by atoms with Crippen molar-refractivity contribution < 1.29 is 0 Å². The number of hydrogen-bond donors (Lipinski definition) is 1. The smallest absolute Gasteiger partial charge is 0.0566 e. The van der Waals surface area contributed by atoms with Gasteiger partial charge in [-0.25, -0.2) is 0 Å². The van der Waals surface area contributed by atoms with Crippen LogP contribution in [0.2, 0.25) is 0 Å². The van der Waals surface area contributed by atoms with E-state index in [2.05, 4.69) is 79.8 Å². The Balaban J connectivity index is 2.53. The third kappa shape index (κ3) is 3.13. The Hall–Kier alpha value is -0.160. The summed E-state index contributed by atoms with van der Waals surface area (Å²) < 4.78 is 3.21. The number of nitrogens with two attached hydrogens (primary N) is 1. The van der Waals surface area contributed by atoms with Gasteiger partial charge in [0.05, 0.1) is 6.04 Å². The highest BCUT2D eigenvalue weighted by molar-refractivity contribution is 9.11. The lowest BCUT2D eigenvalue weighted by atomic mass is 9.95. The van der Waals surface area contributed by atoms with E-state index in [1.807, 2.05) is 12.1 Å². The maximum Gasteiger partial charge on any atom is 0.0566 e. The van der Waals surface area contributed by atoms with Gasteiger partial charge >= 0.3 is 0 Å². The van der Waals surface area contributed by atoms with Gasteiger partial charge in [-0.2, -0.15) is 0 Å². The van der Waals surface area contributed by atoms with Gasteiger partial charge in [0.25, 0.3) is 0 Å². The summed E-state index contributed by atoms with van der Waals surface area (Å²) >= 11 is 10.7. The molecule has 0 amide bonds. The fourth-order valence-electron chi connectivity index (χ4n) is 2.03. The van der Waals surface area contributed by atoms with Gasteiger partial charge in [-0.1, -0.05) is 59.9 Å². The molecular formula is C15H14Br3N. The van der Waals surface area contributed by atoms with Crippen LogP contribution in [0.3, 0.4) is 0 Å². The SMILES string of the molecule is Cc1cc(Br)c(C(N)c2cccc(Br)c2C)cc1Br. The van der Waals surface area contributed by atoms with Crippen LogP contribution in [0, 0.1) is 13.8 Å². The van der Waals surface area contributed by atoms with Gasteiger partial charge in [-0.3, -0.25) is 0 Å². The molecule has 0 aliphatic carbocycles. The van der Waals surface area contributed by atoms with Gasteiger partial charge in [0.15, 0.2) is 0 Å². The summed E-state index contributed by atoms with van der Waals surface area (Å²) in [5, 5.41) is 0. The maximum atomic E-state index is 6.43. The molecule has 1 atom stereocenters. The predicted molar refractivity (Wildman–Crippen MR) is 91.5 cm³/mol. The van der Waals surface area contributed by atoms with E-state index in [0.717, 1.165) is 24.5 Å². The lowest BCUT2D eigenvalue weighted by molar-refractivity contribution is 0.853. The topological polar surface area (TPSA) is 26.0 Å². The fraction of sp³-hybridized carbons (Fsp3) is 0.200. The summed E-state index contributed by atoms with van der Waals surface area (Å²) in [6.07, 6.45) is 0. The average molecular weight is 448 g/mol. The number of benzene rings is 2. The minimum absolute atomic E-state index is 0.149. The molecule has 1 unspecified atom stereocenters. The van der Waals surface area contributed by atoms with Crippen LogP contribution in [-0.2, 0) is 0 Å². The molecule has 0 aliphatic rings. The van der Waals surface area contributed by atoms with E-state index in [1.54, 1.807) is 0 Å². The fourth-order valence-corrected chi connectivity index (χ4v) is 3.48. The summed E-state index contributed by atoms with van der Waals surface area (Å²) in [4.78, 5) is 0. The van der Waals surface area contributed by atoms with Crippen LogP contribution in [0.15, 0.2) is 43.7 Å².